The summed E-state index contributed by atoms with van der Waals surface area (Å²) in [6.45, 7) is 0.817. The first kappa shape index (κ1) is 20.8. The molecule has 1 aromatic carbocycles. The Bertz CT molecular complexity index is 749. The van der Waals surface area contributed by atoms with Crippen LogP contribution < -0.4 is 10.2 Å². The first-order valence-corrected chi connectivity index (χ1v) is 8.45. The van der Waals surface area contributed by atoms with Gasteiger partial charge in [0.25, 0.3) is 0 Å². The predicted octanol–water partition coefficient (Wildman–Crippen LogP) is 2.20. The SMILES string of the molecule is CN(CCCNC(=O)C[C@@](O)(c1nccn1C)C(F)(F)F)c1ccccc1. The zero-order valence-corrected chi connectivity index (χ0v) is 15.2. The van der Waals surface area contributed by atoms with E-state index in [1.165, 1.54) is 13.2 Å². The van der Waals surface area contributed by atoms with Gasteiger partial charge in [-0.05, 0) is 18.6 Å². The number of aliphatic hydroxyl groups is 1. The molecule has 0 radical (unpaired) electrons. The lowest BCUT2D eigenvalue weighted by atomic mass is 9.97. The fourth-order valence-electron chi connectivity index (χ4n) is 2.72. The van der Waals surface area contributed by atoms with Crippen molar-refractivity contribution >= 4 is 11.6 Å². The van der Waals surface area contributed by atoms with Gasteiger partial charge in [0.15, 0.2) is 5.82 Å². The van der Waals surface area contributed by atoms with Crippen LogP contribution >= 0.6 is 0 Å². The normalized spacial score (nSPS) is 13.9. The number of alkyl halides is 3. The number of anilines is 1. The average Bonchev–Trinajstić information content (AvgIpc) is 3.04. The summed E-state index contributed by atoms with van der Waals surface area (Å²) in [7, 11) is 3.22. The second-order valence-electron chi connectivity index (χ2n) is 6.36. The third-order valence-electron chi connectivity index (χ3n) is 4.27. The number of benzene rings is 1. The molecule has 0 fully saturated rings. The van der Waals surface area contributed by atoms with E-state index in [0.29, 0.717) is 13.0 Å². The molecule has 0 bridgehead atoms. The molecule has 2 aromatic rings. The number of imidazole rings is 1. The minimum Gasteiger partial charge on any atom is -0.375 e. The highest BCUT2D eigenvalue weighted by atomic mass is 19.4. The van der Waals surface area contributed by atoms with Crippen molar-refractivity contribution in [1.82, 2.24) is 14.9 Å². The Balaban J connectivity index is 1.89. The number of hydrogen-bond donors (Lipinski definition) is 2. The van der Waals surface area contributed by atoms with Crippen LogP contribution in [0.1, 0.15) is 18.7 Å². The van der Waals surface area contributed by atoms with Gasteiger partial charge in [-0.2, -0.15) is 13.2 Å². The number of amides is 1. The smallest absolute Gasteiger partial charge is 0.375 e. The zero-order valence-electron chi connectivity index (χ0n) is 15.2. The number of aromatic nitrogens is 2. The van der Waals surface area contributed by atoms with Crippen molar-refractivity contribution in [3.05, 3.63) is 48.5 Å². The number of nitrogens with zero attached hydrogens (tertiary/aromatic N) is 3. The third-order valence-corrected chi connectivity index (χ3v) is 4.27. The summed E-state index contributed by atoms with van der Waals surface area (Å²) in [6.07, 6.45) is -3.20. The molecule has 0 aliphatic rings. The molecule has 1 heterocycles. The Kier molecular flexibility index (Phi) is 6.48. The Morgan fingerprint density at radius 1 is 1.30 bits per heavy atom. The predicted molar refractivity (Wildman–Crippen MR) is 95.1 cm³/mol. The maximum absolute atomic E-state index is 13.4. The summed E-state index contributed by atoms with van der Waals surface area (Å²) in [4.78, 5) is 17.5. The third kappa shape index (κ3) is 5.00. The van der Waals surface area contributed by atoms with E-state index >= 15 is 0 Å². The van der Waals surface area contributed by atoms with Crippen molar-refractivity contribution in [3.8, 4) is 0 Å². The Morgan fingerprint density at radius 2 is 1.96 bits per heavy atom. The van der Waals surface area contributed by atoms with Gasteiger partial charge in [-0.15, -0.1) is 0 Å². The molecule has 0 unspecified atom stereocenters. The van der Waals surface area contributed by atoms with Crippen LogP contribution in [0.2, 0.25) is 0 Å². The van der Waals surface area contributed by atoms with E-state index in [0.717, 1.165) is 16.5 Å². The van der Waals surface area contributed by atoms with Gasteiger partial charge in [0.05, 0.1) is 6.42 Å². The molecule has 9 heteroatoms. The molecule has 1 amide bonds. The molecular formula is C18H23F3N4O2. The van der Waals surface area contributed by atoms with E-state index in [-0.39, 0.29) is 6.54 Å². The molecule has 0 saturated carbocycles. The zero-order chi connectivity index (χ0) is 20.1. The molecule has 1 atom stereocenters. The fraction of sp³-hybridized carbons (Fsp3) is 0.444. The maximum atomic E-state index is 13.4. The van der Waals surface area contributed by atoms with Crippen LogP contribution in [0.3, 0.4) is 0 Å². The summed E-state index contributed by atoms with van der Waals surface area (Å²) < 4.78 is 41.3. The monoisotopic (exact) mass is 384 g/mol. The van der Waals surface area contributed by atoms with E-state index < -0.39 is 29.9 Å². The first-order chi connectivity index (χ1) is 12.6. The van der Waals surface area contributed by atoms with Crippen molar-refractivity contribution in [2.75, 3.05) is 25.0 Å². The molecule has 0 spiro atoms. The summed E-state index contributed by atoms with van der Waals surface area (Å²) in [5.41, 5.74) is -2.33. The number of nitrogens with one attached hydrogen (secondary N) is 1. The Morgan fingerprint density at radius 3 is 2.52 bits per heavy atom. The van der Waals surface area contributed by atoms with Gasteiger partial charge in [-0.3, -0.25) is 4.79 Å². The number of aryl methyl sites for hydroxylation is 1. The van der Waals surface area contributed by atoms with Gasteiger partial charge in [-0.25, -0.2) is 4.98 Å². The van der Waals surface area contributed by atoms with Crippen LogP contribution in [0.4, 0.5) is 18.9 Å². The number of rotatable bonds is 8. The molecule has 6 nitrogen and oxygen atoms in total. The number of para-hydroxylation sites is 1. The fourth-order valence-corrected chi connectivity index (χ4v) is 2.72. The second kappa shape index (κ2) is 8.43. The molecule has 1 aromatic heterocycles. The quantitative estimate of drug-likeness (QED) is 0.685. The van der Waals surface area contributed by atoms with Crippen LogP contribution in [0, 0.1) is 0 Å². The Labute approximate surface area is 155 Å². The number of carbonyl (C=O) groups is 1. The van der Waals surface area contributed by atoms with Crippen molar-refractivity contribution < 1.29 is 23.1 Å². The van der Waals surface area contributed by atoms with Crippen molar-refractivity contribution in [3.63, 3.8) is 0 Å². The van der Waals surface area contributed by atoms with E-state index in [1.807, 2.05) is 42.3 Å². The second-order valence-corrected chi connectivity index (χ2v) is 6.36. The van der Waals surface area contributed by atoms with E-state index in [4.69, 9.17) is 0 Å². The van der Waals surface area contributed by atoms with Crippen LogP contribution in [0.25, 0.3) is 0 Å². The number of hydrogen-bond acceptors (Lipinski definition) is 4. The summed E-state index contributed by atoms with van der Waals surface area (Å²) in [5, 5.41) is 12.6. The molecule has 27 heavy (non-hydrogen) atoms. The number of halogens is 3. The van der Waals surface area contributed by atoms with Gasteiger partial charge in [-0.1, -0.05) is 18.2 Å². The molecule has 0 saturated heterocycles. The van der Waals surface area contributed by atoms with Crippen LogP contribution in [-0.2, 0) is 17.4 Å². The largest absolute Gasteiger partial charge is 0.425 e. The molecule has 2 rings (SSSR count). The van der Waals surface area contributed by atoms with Gasteiger partial charge in [0.1, 0.15) is 0 Å². The van der Waals surface area contributed by atoms with Crippen molar-refractivity contribution in [2.45, 2.75) is 24.6 Å². The maximum Gasteiger partial charge on any atom is 0.425 e. The van der Waals surface area contributed by atoms with E-state index in [2.05, 4.69) is 10.3 Å². The number of carbonyl (C=O) groups excluding carboxylic acids is 1. The van der Waals surface area contributed by atoms with E-state index in [1.54, 1.807) is 0 Å². The average molecular weight is 384 g/mol. The molecule has 0 aliphatic heterocycles. The van der Waals surface area contributed by atoms with E-state index in [9.17, 15) is 23.1 Å². The Hall–Kier alpha value is -2.55. The van der Waals surface area contributed by atoms with Gasteiger partial charge < -0.3 is 19.9 Å². The highest BCUT2D eigenvalue weighted by molar-refractivity contribution is 5.77. The van der Waals surface area contributed by atoms with Crippen molar-refractivity contribution in [2.24, 2.45) is 7.05 Å². The molecule has 0 aliphatic carbocycles. The van der Waals surface area contributed by atoms with Gasteiger partial charge in [0.2, 0.25) is 11.5 Å². The van der Waals surface area contributed by atoms with Crippen LogP contribution in [-0.4, -0.2) is 46.9 Å². The molecular weight excluding hydrogens is 361 g/mol. The standard InChI is InChI=1S/C18H23F3N4O2/c1-24(14-7-4-3-5-8-14)11-6-9-22-15(26)13-17(27,18(19,20)21)16-23-10-12-25(16)2/h3-5,7-8,10,12,27H,6,9,11,13H2,1-2H3,(H,22,26)/t17-/m1/s1. The van der Waals surface area contributed by atoms with Gasteiger partial charge >= 0.3 is 6.18 Å². The summed E-state index contributed by atoms with van der Waals surface area (Å²) in [6, 6.07) is 9.59. The lowest BCUT2D eigenvalue weighted by Gasteiger charge is -2.29. The highest BCUT2D eigenvalue weighted by Crippen LogP contribution is 2.40. The lowest BCUT2D eigenvalue weighted by molar-refractivity contribution is -0.271. The minimum atomic E-state index is -5.03. The van der Waals surface area contributed by atoms with Crippen molar-refractivity contribution in [1.29, 1.82) is 0 Å². The minimum absolute atomic E-state index is 0.199. The van der Waals surface area contributed by atoms with Crippen LogP contribution in [0.5, 0.6) is 0 Å². The first-order valence-electron chi connectivity index (χ1n) is 8.45. The summed E-state index contributed by atoms with van der Waals surface area (Å²) in [5.74, 6) is -1.51. The van der Waals surface area contributed by atoms with Gasteiger partial charge in [0, 0.05) is 45.3 Å². The topological polar surface area (TPSA) is 70.4 Å². The van der Waals surface area contributed by atoms with Crippen LogP contribution in [0.15, 0.2) is 42.7 Å². The highest BCUT2D eigenvalue weighted by Gasteiger charge is 2.58. The lowest BCUT2D eigenvalue weighted by Crippen LogP contribution is -2.48. The summed E-state index contributed by atoms with van der Waals surface area (Å²) >= 11 is 0. The molecule has 2 N–H and O–H groups in total. The molecule has 148 valence electrons.